The van der Waals surface area contributed by atoms with Crippen LogP contribution in [-0.4, -0.2) is 4.98 Å². The van der Waals surface area contributed by atoms with Gasteiger partial charge in [-0.15, -0.1) is 5.92 Å². The molecule has 88 valence electrons. The van der Waals surface area contributed by atoms with Gasteiger partial charge < -0.3 is 4.98 Å². The third-order valence-electron chi connectivity index (χ3n) is 2.69. The van der Waals surface area contributed by atoms with Gasteiger partial charge in [-0.2, -0.15) is 5.26 Å². The third-order valence-corrected chi connectivity index (χ3v) is 3.35. The molecule has 18 heavy (non-hydrogen) atoms. The highest BCUT2D eigenvalue weighted by atomic mass is 79.9. The van der Waals surface area contributed by atoms with Gasteiger partial charge in [-0.3, -0.25) is 0 Å². The predicted molar refractivity (Wildman–Crippen MR) is 77.8 cm³/mol. The van der Waals surface area contributed by atoms with Crippen LogP contribution in [0.15, 0.2) is 28.2 Å². The Hall–Kier alpha value is -1.97. The van der Waals surface area contributed by atoms with Crippen LogP contribution in [0.2, 0.25) is 0 Å². The molecule has 0 aliphatic rings. The zero-order chi connectivity index (χ0) is 13.1. The van der Waals surface area contributed by atoms with Crippen molar-refractivity contribution in [1.82, 2.24) is 4.98 Å². The number of aryl methyl sites for hydroxylation is 1. The molecular formula is C15H11BrN2. The molecule has 0 bridgehead atoms. The van der Waals surface area contributed by atoms with Crippen molar-refractivity contribution in [3.8, 4) is 17.9 Å². The summed E-state index contributed by atoms with van der Waals surface area (Å²) in [4.78, 5) is 3.32. The first-order valence-corrected chi connectivity index (χ1v) is 6.28. The minimum Gasteiger partial charge on any atom is -0.357 e. The molecule has 1 aromatic heterocycles. The Bertz CT molecular complexity index is 733. The SMILES string of the molecule is CC#C/C(C#N)=C\c1c(C)[nH]c2c(Br)cccc12. The van der Waals surface area contributed by atoms with E-state index >= 15 is 0 Å². The van der Waals surface area contributed by atoms with Gasteiger partial charge >= 0.3 is 0 Å². The normalized spacial score (nSPS) is 10.9. The highest BCUT2D eigenvalue weighted by molar-refractivity contribution is 9.10. The lowest BCUT2D eigenvalue weighted by atomic mass is 10.1. The summed E-state index contributed by atoms with van der Waals surface area (Å²) in [6.07, 6.45) is 1.83. The van der Waals surface area contributed by atoms with Gasteiger partial charge in [0, 0.05) is 21.1 Å². The van der Waals surface area contributed by atoms with Crippen molar-refractivity contribution >= 4 is 32.9 Å². The van der Waals surface area contributed by atoms with Crippen molar-refractivity contribution < 1.29 is 0 Å². The number of aromatic nitrogens is 1. The van der Waals surface area contributed by atoms with Gasteiger partial charge in [0.05, 0.1) is 5.52 Å². The number of nitrogens with zero attached hydrogens (tertiary/aromatic N) is 1. The van der Waals surface area contributed by atoms with E-state index in [9.17, 15) is 0 Å². The molecule has 1 aromatic carbocycles. The number of nitriles is 1. The number of hydrogen-bond donors (Lipinski definition) is 1. The molecule has 0 radical (unpaired) electrons. The summed E-state index contributed by atoms with van der Waals surface area (Å²) in [6, 6.07) is 8.11. The van der Waals surface area contributed by atoms with E-state index in [1.54, 1.807) is 6.92 Å². The lowest BCUT2D eigenvalue weighted by Gasteiger charge is -1.95. The third kappa shape index (κ3) is 2.18. The van der Waals surface area contributed by atoms with Gasteiger partial charge in [0.1, 0.15) is 11.6 Å². The summed E-state index contributed by atoms with van der Waals surface area (Å²) in [5.41, 5.74) is 3.57. The van der Waals surface area contributed by atoms with Crippen LogP contribution < -0.4 is 0 Å². The van der Waals surface area contributed by atoms with Gasteiger partial charge in [0.15, 0.2) is 0 Å². The lowest BCUT2D eigenvalue weighted by Crippen LogP contribution is -1.78. The van der Waals surface area contributed by atoms with Crippen LogP contribution in [0.1, 0.15) is 18.2 Å². The van der Waals surface area contributed by atoms with E-state index in [4.69, 9.17) is 5.26 Å². The Morgan fingerprint density at radius 1 is 1.44 bits per heavy atom. The molecule has 1 heterocycles. The number of aromatic amines is 1. The summed E-state index contributed by atoms with van der Waals surface area (Å²) >= 11 is 3.51. The number of hydrogen-bond acceptors (Lipinski definition) is 1. The van der Waals surface area contributed by atoms with E-state index in [2.05, 4.69) is 38.8 Å². The number of halogens is 1. The molecule has 0 atom stereocenters. The van der Waals surface area contributed by atoms with Crippen LogP contribution >= 0.6 is 15.9 Å². The summed E-state index contributed by atoms with van der Waals surface area (Å²) < 4.78 is 1.02. The molecule has 3 heteroatoms. The molecule has 0 saturated carbocycles. The highest BCUT2D eigenvalue weighted by Crippen LogP contribution is 2.29. The highest BCUT2D eigenvalue weighted by Gasteiger charge is 2.08. The van der Waals surface area contributed by atoms with E-state index in [0.29, 0.717) is 5.57 Å². The predicted octanol–water partition coefficient (Wildman–Crippen LogP) is 4.17. The Morgan fingerprint density at radius 2 is 2.22 bits per heavy atom. The number of benzene rings is 1. The molecule has 0 saturated heterocycles. The number of nitrogens with one attached hydrogen (secondary N) is 1. The number of rotatable bonds is 1. The van der Waals surface area contributed by atoms with Crippen molar-refractivity contribution in [2.24, 2.45) is 0 Å². The minimum absolute atomic E-state index is 0.474. The molecular weight excluding hydrogens is 288 g/mol. The Kier molecular flexibility index (Phi) is 3.55. The Labute approximate surface area is 114 Å². The minimum atomic E-state index is 0.474. The molecule has 2 nitrogen and oxygen atoms in total. The second kappa shape index (κ2) is 5.12. The Balaban J connectivity index is 2.72. The molecule has 0 fully saturated rings. The second-order valence-electron chi connectivity index (χ2n) is 3.87. The average Bonchev–Trinajstić information content (AvgIpc) is 2.67. The maximum absolute atomic E-state index is 9.03. The number of fused-ring (bicyclic) bond motifs is 1. The molecule has 1 N–H and O–H groups in total. The summed E-state index contributed by atoms with van der Waals surface area (Å²) in [5, 5.41) is 10.1. The van der Waals surface area contributed by atoms with Crippen molar-refractivity contribution in [3.05, 3.63) is 39.5 Å². The quantitative estimate of drug-likeness (QED) is 0.623. The van der Waals surface area contributed by atoms with Crippen LogP contribution in [0.25, 0.3) is 17.0 Å². The van der Waals surface area contributed by atoms with E-state index < -0.39 is 0 Å². The number of H-pyrrole nitrogens is 1. The van der Waals surface area contributed by atoms with Gasteiger partial charge in [-0.1, -0.05) is 18.1 Å². The first-order chi connectivity index (χ1) is 8.67. The Morgan fingerprint density at radius 3 is 2.89 bits per heavy atom. The average molecular weight is 299 g/mol. The zero-order valence-electron chi connectivity index (χ0n) is 10.1. The maximum atomic E-state index is 9.03. The zero-order valence-corrected chi connectivity index (χ0v) is 11.7. The van der Waals surface area contributed by atoms with E-state index in [0.717, 1.165) is 26.6 Å². The fraction of sp³-hybridized carbons (Fsp3) is 0.133. The van der Waals surface area contributed by atoms with Gasteiger partial charge in [-0.25, -0.2) is 0 Å². The first kappa shape index (κ1) is 12.5. The van der Waals surface area contributed by atoms with E-state index in [1.807, 2.05) is 31.2 Å². The van der Waals surface area contributed by atoms with Crippen molar-refractivity contribution in [2.75, 3.05) is 0 Å². The van der Waals surface area contributed by atoms with Gasteiger partial charge in [0.25, 0.3) is 0 Å². The van der Waals surface area contributed by atoms with Crippen LogP contribution in [0.5, 0.6) is 0 Å². The number of para-hydroxylation sites is 1. The van der Waals surface area contributed by atoms with Crippen molar-refractivity contribution in [2.45, 2.75) is 13.8 Å². The van der Waals surface area contributed by atoms with Crippen LogP contribution in [0.3, 0.4) is 0 Å². The summed E-state index contributed by atoms with van der Waals surface area (Å²) in [6.45, 7) is 3.72. The van der Waals surface area contributed by atoms with Gasteiger partial charge in [-0.05, 0) is 41.9 Å². The smallest absolute Gasteiger partial charge is 0.108 e. The largest absolute Gasteiger partial charge is 0.357 e. The van der Waals surface area contributed by atoms with E-state index in [-0.39, 0.29) is 0 Å². The lowest BCUT2D eigenvalue weighted by molar-refractivity contribution is 1.29. The molecule has 0 amide bonds. The van der Waals surface area contributed by atoms with Gasteiger partial charge in [0.2, 0.25) is 0 Å². The molecule has 0 spiro atoms. The van der Waals surface area contributed by atoms with Crippen LogP contribution in [0, 0.1) is 30.1 Å². The van der Waals surface area contributed by atoms with E-state index in [1.165, 1.54) is 0 Å². The molecule has 2 rings (SSSR count). The topological polar surface area (TPSA) is 39.6 Å². The van der Waals surface area contributed by atoms with Crippen molar-refractivity contribution in [3.63, 3.8) is 0 Å². The summed E-state index contributed by atoms with van der Waals surface area (Å²) in [7, 11) is 0. The fourth-order valence-electron chi connectivity index (χ4n) is 1.89. The van der Waals surface area contributed by atoms with Crippen LogP contribution in [-0.2, 0) is 0 Å². The monoisotopic (exact) mass is 298 g/mol. The maximum Gasteiger partial charge on any atom is 0.108 e. The fourth-order valence-corrected chi connectivity index (χ4v) is 2.36. The molecule has 0 aliphatic heterocycles. The molecule has 0 aliphatic carbocycles. The number of allylic oxidation sites excluding steroid dienone is 1. The first-order valence-electron chi connectivity index (χ1n) is 5.48. The molecule has 0 unspecified atom stereocenters. The van der Waals surface area contributed by atoms with Crippen molar-refractivity contribution in [1.29, 1.82) is 5.26 Å². The molecule has 2 aromatic rings. The summed E-state index contributed by atoms with van der Waals surface area (Å²) in [5.74, 6) is 5.55. The second-order valence-corrected chi connectivity index (χ2v) is 4.73. The standard InChI is InChI=1S/C15H11BrN2/c1-3-5-11(9-17)8-13-10(2)18-15-12(13)6-4-7-14(15)16/h4,6-8,18H,1-2H3/b11-8+. The van der Waals surface area contributed by atoms with Crippen LogP contribution in [0.4, 0.5) is 0 Å².